The smallest absolute Gasteiger partial charge is 0.323 e. The van der Waals surface area contributed by atoms with E-state index in [0.717, 1.165) is 4.57 Å². The summed E-state index contributed by atoms with van der Waals surface area (Å²) in [7, 11) is 3.11. The molecule has 1 N–H and O–H groups in total. The Morgan fingerprint density at radius 3 is 2.07 bits per heavy atom. The highest BCUT2D eigenvalue weighted by Crippen LogP contribution is 2.21. The van der Waals surface area contributed by atoms with E-state index < -0.39 is 0 Å². The van der Waals surface area contributed by atoms with Crippen molar-refractivity contribution in [1.29, 1.82) is 0 Å². The number of benzene rings is 2. The first-order valence-electron chi connectivity index (χ1n) is 9.52. The molecule has 0 amide bonds. The van der Waals surface area contributed by atoms with Gasteiger partial charge in [-0.25, -0.2) is 9.78 Å². The summed E-state index contributed by atoms with van der Waals surface area (Å²) >= 11 is 0. The van der Waals surface area contributed by atoms with Crippen LogP contribution in [0.5, 0.6) is 0 Å². The fourth-order valence-electron chi connectivity index (χ4n) is 3.61. The summed E-state index contributed by atoms with van der Waals surface area (Å²) in [4.78, 5) is 29.0. The van der Waals surface area contributed by atoms with Crippen LogP contribution in [-0.4, -0.2) is 25.2 Å². The standard InChI is InChI=1S/C22H23N5O2/c1-25-20-19(21(28)26(2)22(25)29)27(15-24-20)14-13-23-18(16-9-5-3-6-10-16)17-11-7-4-8-12-17/h3-12,15,18,23H,13-14H2,1-2H3. The molecule has 0 fully saturated rings. The molecule has 0 saturated heterocycles. The molecule has 2 aromatic carbocycles. The van der Waals surface area contributed by atoms with E-state index in [0.29, 0.717) is 24.3 Å². The van der Waals surface area contributed by atoms with Gasteiger partial charge in [-0.3, -0.25) is 13.9 Å². The lowest BCUT2D eigenvalue weighted by atomic mass is 9.99. The molecule has 0 atom stereocenters. The Kier molecular flexibility index (Phi) is 5.14. The van der Waals surface area contributed by atoms with Gasteiger partial charge in [-0.2, -0.15) is 0 Å². The lowest BCUT2D eigenvalue weighted by Crippen LogP contribution is -2.37. The Morgan fingerprint density at radius 1 is 0.897 bits per heavy atom. The highest BCUT2D eigenvalue weighted by atomic mass is 16.2. The molecular weight excluding hydrogens is 366 g/mol. The Hall–Kier alpha value is -3.45. The van der Waals surface area contributed by atoms with Gasteiger partial charge < -0.3 is 9.88 Å². The third kappa shape index (κ3) is 3.52. The van der Waals surface area contributed by atoms with Crippen molar-refractivity contribution in [3.63, 3.8) is 0 Å². The molecular formula is C22H23N5O2. The van der Waals surface area contributed by atoms with Gasteiger partial charge in [0.1, 0.15) is 0 Å². The summed E-state index contributed by atoms with van der Waals surface area (Å²) in [6.45, 7) is 1.19. The Bertz CT molecular complexity index is 1200. The maximum absolute atomic E-state index is 12.6. The van der Waals surface area contributed by atoms with Crippen molar-refractivity contribution in [1.82, 2.24) is 24.0 Å². The van der Waals surface area contributed by atoms with Gasteiger partial charge in [0.05, 0.1) is 12.4 Å². The van der Waals surface area contributed by atoms with Crippen molar-refractivity contribution in [3.05, 3.63) is 99.0 Å². The molecule has 0 bridgehead atoms. The van der Waals surface area contributed by atoms with Crippen molar-refractivity contribution < 1.29 is 0 Å². The van der Waals surface area contributed by atoms with Crippen LogP contribution in [0.3, 0.4) is 0 Å². The van der Waals surface area contributed by atoms with E-state index in [1.807, 2.05) is 36.4 Å². The van der Waals surface area contributed by atoms with Crippen LogP contribution in [0.2, 0.25) is 0 Å². The topological polar surface area (TPSA) is 73.8 Å². The van der Waals surface area contributed by atoms with E-state index in [4.69, 9.17) is 0 Å². The fourth-order valence-corrected chi connectivity index (χ4v) is 3.61. The summed E-state index contributed by atoms with van der Waals surface area (Å²) in [6.07, 6.45) is 1.62. The Labute approximate surface area is 167 Å². The van der Waals surface area contributed by atoms with Crippen LogP contribution in [0.15, 0.2) is 76.6 Å². The largest absolute Gasteiger partial charge is 0.332 e. The molecule has 7 heteroatoms. The lowest BCUT2D eigenvalue weighted by molar-refractivity contribution is 0.555. The second-order valence-electron chi connectivity index (χ2n) is 7.02. The van der Waals surface area contributed by atoms with Crippen LogP contribution in [0.4, 0.5) is 0 Å². The lowest BCUT2D eigenvalue weighted by Gasteiger charge is -2.20. The molecule has 0 radical (unpaired) electrons. The molecule has 0 unspecified atom stereocenters. The fraction of sp³-hybridized carbons (Fsp3) is 0.227. The van der Waals surface area contributed by atoms with E-state index >= 15 is 0 Å². The summed E-state index contributed by atoms with van der Waals surface area (Å²) < 4.78 is 4.32. The number of hydrogen-bond acceptors (Lipinski definition) is 4. The number of imidazole rings is 1. The number of nitrogens with zero attached hydrogens (tertiary/aromatic N) is 4. The van der Waals surface area contributed by atoms with E-state index in [1.165, 1.54) is 22.7 Å². The van der Waals surface area contributed by atoms with Gasteiger partial charge in [0, 0.05) is 27.2 Å². The van der Waals surface area contributed by atoms with Gasteiger partial charge in [-0.1, -0.05) is 60.7 Å². The molecule has 2 heterocycles. The molecule has 0 spiro atoms. The van der Waals surface area contributed by atoms with Crippen LogP contribution in [0.1, 0.15) is 17.2 Å². The van der Waals surface area contributed by atoms with Crippen molar-refractivity contribution in [2.75, 3.05) is 6.54 Å². The van der Waals surface area contributed by atoms with E-state index in [9.17, 15) is 9.59 Å². The molecule has 0 aliphatic rings. The highest BCUT2D eigenvalue weighted by Gasteiger charge is 2.16. The Morgan fingerprint density at radius 2 is 1.48 bits per heavy atom. The minimum atomic E-state index is -0.376. The third-order valence-corrected chi connectivity index (χ3v) is 5.18. The zero-order valence-electron chi connectivity index (χ0n) is 16.4. The quantitative estimate of drug-likeness (QED) is 0.546. The molecule has 0 saturated carbocycles. The second kappa shape index (κ2) is 7.89. The van der Waals surface area contributed by atoms with Gasteiger partial charge in [0.2, 0.25) is 0 Å². The van der Waals surface area contributed by atoms with E-state index in [2.05, 4.69) is 34.6 Å². The van der Waals surface area contributed by atoms with Crippen LogP contribution in [-0.2, 0) is 20.6 Å². The van der Waals surface area contributed by atoms with Crippen molar-refractivity contribution in [2.45, 2.75) is 12.6 Å². The van der Waals surface area contributed by atoms with Crippen molar-refractivity contribution >= 4 is 11.2 Å². The molecule has 0 aliphatic carbocycles. The molecule has 2 aromatic heterocycles. The minimum Gasteiger partial charge on any atom is -0.323 e. The van der Waals surface area contributed by atoms with Crippen LogP contribution >= 0.6 is 0 Å². The number of aryl methyl sites for hydroxylation is 1. The molecule has 0 aliphatic heterocycles. The minimum absolute atomic E-state index is 0.0411. The van der Waals surface area contributed by atoms with Gasteiger partial charge in [0.25, 0.3) is 5.56 Å². The summed E-state index contributed by atoms with van der Waals surface area (Å²) in [5.74, 6) is 0. The first-order valence-corrected chi connectivity index (χ1v) is 9.52. The Balaban J connectivity index is 1.60. The molecule has 7 nitrogen and oxygen atoms in total. The first-order chi connectivity index (χ1) is 14.1. The van der Waals surface area contributed by atoms with Crippen LogP contribution in [0, 0.1) is 0 Å². The zero-order chi connectivity index (χ0) is 20.4. The van der Waals surface area contributed by atoms with Crippen LogP contribution in [0.25, 0.3) is 11.2 Å². The predicted molar refractivity (Wildman–Crippen MR) is 113 cm³/mol. The molecule has 148 valence electrons. The predicted octanol–water partition coefficient (Wildman–Crippen LogP) is 1.81. The number of nitrogens with one attached hydrogen (secondary N) is 1. The van der Waals surface area contributed by atoms with Crippen molar-refractivity contribution in [3.8, 4) is 0 Å². The van der Waals surface area contributed by atoms with Gasteiger partial charge in [-0.15, -0.1) is 0 Å². The number of fused-ring (bicyclic) bond motifs is 1. The maximum atomic E-state index is 12.6. The molecule has 4 rings (SSSR count). The maximum Gasteiger partial charge on any atom is 0.332 e. The van der Waals surface area contributed by atoms with Gasteiger partial charge in [-0.05, 0) is 11.1 Å². The van der Waals surface area contributed by atoms with Crippen LogP contribution < -0.4 is 16.6 Å². The average Bonchev–Trinajstić information content (AvgIpc) is 3.19. The third-order valence-electron chi connectivity index (χ3n) is 5.18. The molecule has 4 aromatic rings. The highest BCUT2D eigenvalue weighted by molar-refractivity contribution is 5.69. The van der Waals surface area contributed by atoms with Gasteiger partial charge >= 0.3 is 5.69 Å². The first kappa shape index (κ1) is 18.9. The van der Waals surface area contributed by atoms with E-state index in [-0.39, 0.29) is 17.3 Å². The van der Waals surface area contributed by atoms with E-state index in [1.54, 1.807) is 17.9 Å². The molecule has 29 heavy (non-hydrogen) atoms. The number of aromatic nitrogens is 4. The monoisotopic (exact) mass is 389 g/mol. The SMILES string of the molecule is Cn1c(=O)c2c(ncn2CCNC(c2ccccc2)c2ccccc2)n(C)c1=O. The van der Waals surface area contributed by atoms with Crippen molar-refractivity contribution in [2.24, 2.45) is 14.1 Å². The number of hydrogen-bond donors (Lipinski definition) is 1. The average molecular weight is 389 g/mol. The summed E-state index contributed by atoms with van der Waals surface area (Å²) in [6, 6.07) is 20.6. The normalized spacial score (nSPS) is 11.4. The van der Waals surface area contributed by atoms with Gasteiger partial charge in [0.15, 0.2) is 11.2 Å². The summed E-state index contributed by atoms with van der Waals surface area (Å²) in [5, 5.41) is 3.59. The second-order valence-corrected chi connectivity index (χ2v) is 7.02. The zero-order valence-corrected chi connectivity index (χ0v) is 16.4. The summed E-state index contributed by atoms with van der Waals surface area (Å²) in [5.41, 5.74) is 2.48. The number of rotatable bonds is 6.